The van der Waals surface area contributed by atoms with E-state index in [9.17, 15) is 5.11 Å². The third-order valence-corrected chi connectivity index (χ3v) is 6.15. The minimum absolute atomic E-state index is 0.121. The Labute approximate surface area is 114 Å². The summed E-state index contributed by atoms with van der Waals surface area (Å²) in [6.07, 6.45) is 3.30. The van der Waals surface area contributed by atoms with Crippen LogP contribution in [0.1, 0.15) is 46.5 Å². The van der Waals surface area contributed by atoms with E-state index in [1.54, 1.807) is 0 Å². The number of aliphatic hydroxyl groups is 1. The molecule has 4 nitrogen and oxygen atoms in total. The molecule has 0 aromatic heterocycles. The van der Waals surface area contributed by atoms with Crippen LogP contribution < -0.4 is 0 Å². The summed E-state index contributed by atoms with van der Waals surface area (Å²) in [7, 11) is 0. The Morgan fingerprint density at radius 2 is 1.89 bits per heavy atom. The van der Waals surface area contributed by atoms with Crippen LogP contribution in [0.5, 0.6) is 0 Å². The number of aliphatic hydroxyl groups excluding tert-OH is 1. The van der Waals surface area contributed by atoms with Crippen molar-refractivity contribution in [3.05, 3.63) is 0 Å². The molecule has 3 heterocycles. The molecule has 0 radical (unpaired) electrons. The highest BCUT2D eigenvalue weighted by Gasteiger charge is 2.71. The lowest BCUT2D eigenvalue weighted by Gasteiger charge is -2.57. The summed E-state index contributed by atoms with van der Waals surface area (Å²) in [6, 6.07) is 0. The van der Waals surface area contributed by atoms with Crippen molar-refractivity contribution in [3.8, 4) is 0 Å². The normalized spacial score (nSPS) is 63.8. The summed E-state index contributed by atoms with van der Waals surface area (Å²) in [5.41, 5.74) is -0.316. The fourth-order valence-electron chi connectivity index (χ4n) is 5.15. The molecule has 0 unspecified atom stereocenters. The van der Waals surface area contributed by atoms with E-state index < -0.39 is 12.1 Å². The van der Waals surface area contributed by atoms with Crippen LogP contribution in [0.2, 0.25) is 0 Å². The van der Waals surface area contributed by atoms with Gasteiger partial charge in [0.25, 0.3) is 0 Å². The molecule has 1 aliphatic carbocycles. The first kappa shape index (κ1) is 12.6. The Bertz CT molecular complexity index is 400. The van der Waals surface area contributed by atoms with Crippen LogP contribution in [0.15, 0.2) is 0 Å². The van der Waals surface area contributed by atoms with Crippen molar-refractivity contribution in [1.29, 1.82) is 0 Å². The van der Waals surface area contributed by atoms with Crippen LogP contribution >= 0.6 is 0 Å². The SMILES string of the molecule is C[C@H]1[C@@H](O)O[C@@H]2O[C@]3(C)CC[C@H]4[C@H](C)CC[C@@H]1[C@@]24O3. The summed E-state index contributed by atoms with van der Waals surface area (Å²) in [5.74, 6) is 1.11. The number of hydrogen-bond donors (Lipinski definition) is 1. The molecule has 4 fully saturated rings. The molecule has 4 rings (SSSR count). The van der Waals surface area contributed by atoms with Gasteiger partial charge in [-0.2, -0.15) is 0 Å². The molecule has 2 bridgehead atoms. The molecule has 0 aromatic carbocycles. The third-order valence-electron chi connectivity index (χ3n) is 6.15. The Morgan fingerprint density at radius 1 is 1.11 bits per heavy atom. The van der Waals surface area contributed by atoms with Crippen molar-refractivity contribution in [2.75, 3.05) is 0 Å². The predicted octanol–water partition coefficient (Wildman–Crippen LogP) is 2.26. The Balaban J connectivity index is 1.81. The Kier molecular flexibility index (Phi) is 2.47. The van der Waals surface area contributed by atoms with Crippen molar-refractivity contribution < 1.29 is 19.3 Å². The minimum atomic E-state index is -0.721. The molecule has 3 saturated heterocycles. The summed E-state index contributed by atoms with van der Waals surface area (Å²) in [5, 5.41) is 10.1. The van der Waals surface area contributed by atoms with Crippen LogP contribution in [0.4, 0.5) is 0 Å². The van der Waals surface area contributed by atoms with Gasteiger partial charge in [-0.1, -0.05) is 13.8 Å². The highest BCUT2D eigenvalue weighted by atomic mass is 16.9. The molecule has 4 heteroatoms. The molecule has 0 amide bonds. The van der Waals surface area contributed by atoms with Gasteiger partial charge >= 0.3 is 0 Å². The quantitative estimate of drug-likeness (QED) is 0.732. The first-order valence-electron chi connectivity index (χ1n) is 7.68. The Hall–Kier alpha value is -0.160. The molecular weight excluding hydrogens is 244 g/mol. The van der Waals surface area contributed by atoms with E-state index >= 15 is 0 Å². The number of hydrogen-bond acceptors (Lipinski definition) is 4. The monoisotopic (exact) mass is 268 g/mol. The third kappa shape index (κ3) is 1.44. The molecule has 1 saturated carbocycles. The standard InChI is InChI=1S/C15H24O4/c1-8-4-5-11-9(2)12(16)17-13-15(11)10(8)6-7-14(3,18-13)19-15/h8-13,16H,4-7H2,1-3H3/t8-,9-,10+,11+,12+,13-,14+,15-/m1/s1. The maximum atomic E-state index is 10.1. The average Bonchev–Trinajstić information content (AvgIpc) is 2.56. The van der Waals surface area contributed by atoms with Crippen LogP contribution in [-0.2, 0) is 14.2 Å². The van der Waals surface area contributed by atoms with Gasteiger partial charge in [-0.05, 0) is 38.0 Å². The summed E-state index contributed by atoms with van der Waals surface area (Å²) in [4.78, 5) is 0. The molecule has 3 aliphatic heterocycles. The fourth-order valence-corrected chi connectivity index (χ4v) is 5.15. The second-order valence-corrected chi connectivity index (χ2v) is 7.23. The average molecular weight is 268 g/mol. The Morgan fingerprint density at radius 3 is 2.68 bits per heavy atom. The molecule has 108 valence electrons. The van der Waals surface area contributed by atoms with Crippen LogP contribution in [0.3, 0.4) is 0 Å². The smallest absolute Gasteiger partial charge is 0.193 e. The highest BCUT2D eigenvalue weighted by molar-refractivity contribution is 5.12. The van der Waals surface area contributed by atoms with Gasteiger partial charge in [0.05, 0.1) is 0 Å². The van der Waals surface area contributed by atoms with Crippen molar-refractivity contribution in [2.24, 2.45) is 23.7 Å². The van der Waals surface area contributed by atoms with Gasteiger partial charge in [-0.25, -0.2) is 0 Å². The van der Waals surface area contributed by atoms with E-state index in [0.717, 1.165) is 19.3 Å². The van der Waals surface area contributed by atoms with Gasteiger partial charge in [-0.3, -0.25) is 0 Å². The molecular formula is C15H24O4. The number of ether oxygens (including phenoxy) is 3. The predicted molar refractivity (Wildman–Crippen MR) is 68.0 cm³/mol. The van der Waals surface area contributed by atoms with Gasteiger partial charge in [-0.15, -0.1) is 0 Å². The summed E-state index contributed by atoms with van der Waals surface area (Å²) >= 11 is 0. The molecule has 1 N–H and O–H groups in total. The van der Waals surface area contributed by atoms with Gasteiger partial charge in [0.2, 0.25) is 0 Å². The lowest BCUT2D eigenvalue weighted by Crippen LogP contribution is -2.66. The number of rotatable bonds is 0. The van der Waals surface area contributed by atoms with Crippen molar-refractivity contribution in [1.82, 2.24) is 0 Å². The molecule has 4 aliphatic rings. The van der Waals surface area contributed by atoms with Crippen molar-refractivity contribution >= 4 is 0 Å². The lowest BCUT2D eigenvalue weighted by molar-refractivity contribution is -0.326. The summed E-state index contributed by atoms with van der Waals surface area (Å²) < 4.78 is 18.3. The van der Waals surface area contributed by atoms with E-state index in [-0.39, 0.29) is 17.8 Å². The maximum Gasteiger partial charge on any atom is 0.193 e. The first-order valence-corrected chi connectivity index (χ1v) is 7.68. The van der Waals surface area contributed by atoms with E-state index in [4.69, 9.17) is 14.2 Å². The molecule has 19 heavy (non-hydrogen) atoms. The summed E-state index contributed by atoms with van der Waals surface area (Å²) in [6.45, 7) is 6.43. The van der Waals surface area contributed by atoms with E-state index in [0.29, 0.717) is 17.8 Å². The zero-order chi connectivity index (χ0) is 13.4. The number of fused-ring (bicyclic) bond motifs is 1. The van der Waals surface area contributed by atoms with Crippen molar-refractivity contribution in [3.63, 3.8) is 0 Å². The zero-order valence-electron chi connectivity index (χ0n) is 12.0. The molecule has 8 atom stereocenters. The van der Waals surface area contributed by atoms with Gasteiger partial charge < -0.3 is 19.3 Å². The molecule has 1 spiro atoms. The van der Waals surface area contributed by atoms with Gasteiger partial charge in [0.15, 0.2) is 18.4 Å². The highest BCUT2D eigenvalue weighted by Crippen LogP contribution is 2.63. The second-order valence-electron chi connectivity index (χ2n) is 7.23. The fraction of sp³-hybridized carbons (Fsp3) is 1.00. The van der Waals surface area contributed by atoms with E-state index in [1.165, 1.54) is 6.42 Å². The van der Waals surface area contributed by atoms with E-state index in [2.05, 4.69) is 13.8 Å². The lowest BCUT2D eigenvalue weighted by atomic mass is 9.57. The molecule has 0 aromatic rings. The van der Waals surface area contributed by atoms with Crippen molar-refractivity contribution in [2.45, 2.75) is 70.4 Å². The minimum Gasteiger partial charge on any atom is -0.368 e. The van der Waals surface area contributed by atoms with Crippen LogP contribution in [0.25, 0.3) is 0 Å². The largest absolute Gasteiger partial charge is 0.368 e. The van der Waals surface area contributed by atoms with Crippen LogP contribution in [0, 0.1) is 23.7 Å². The maximum absolute atomic E-state index is 10.1. The van der Waals surface area contributed by atoms with Gasteiger partial charge in [0.1, 0.15) is 5.60 Å². The second kappa shape index (κ2) is 3.73. The van der Waals surface area contributed by atoms with Crippen LogP contribution in [-0.4, -0.2) is 29.1 Å². The van der Waals surface area contributed by atoms with Gasteiger partial charge in [0, 0.05) is 18.3 Å². The zero-order valence-corrected chi connectivity index (χ0v) is 12.0. The topological polar surface area (TPSA) is 47.9 Å². The van der Waals surface area contributed by atoms with E-state index in [1.807, 2.05) is 6.92 Å². The first-order chi connectivity index (χ1) is 8.96.